The Balaban J connectivity index is 2.36. The highest BCUT2D eigenvalue weighted by Crippen LogP contribution is 2.25. The van der Waals surface area contributed by atoms with E-state index < -0.39 is 0 Å². The Morgan fingerprint density at radius 3 is 2.40 bits per heavy atom. The standard InChI is InChI=1S/C15H15N5/c1-9-18-10(2)20(19-9)14-8-7-13(15(16)17)11-5-3-4-6-12(11)14/h3-8H,1-2H3,(H3,16,17). The Hall–Kier alpha value is -2.69. The van der Waals surface area contributed by atoms with E-state index in [1.54, 1.807) is 0 Å². The molecule has 5 heteroatoms. The van der Waals surface area contributed by atoms with Crippen LogP contribution in [-0.4, -0.2) is 20.6 Å². The number of benzene rings is 2. The summed E-state index contributed by atoms with van der Waals surface area (Å²) in [4.78, 5) is 4.34. The molecule has 0 aliphatic carbocycles. The van der Waals surface area contributed by atoms with E-state index in [9.17, 15) is 0 Å². The van der Waals surface area contributed by atoms with Gasteiger partial charge in [-0.05, 0) is 31.4 Å². The highest BCUT2D eigenvalue weighted by Gasteiger charge is 2.12. The minimum Gasteiger partial charge on any atom is -0.384 e. The second kappa shape index (κ2) is 4.45. The summed E-state index contributed by atoms with van der Waals surface area (Å²) >= 11 is 0. The Labute approximate surface area is 116 Å². The van der Waals surface area contributed by atoms with Crippen molar-refractivity contribution < 1.29 is 0 Å². The van der Waals surface area contributed by atoms with Gasteiger partial charge in [0.15, 0.2) is 0 Å². The molecule has 100 valence electrons. The second-order valence-electron chi connectivity index (χ2n) is 4.71. The Kier molecular flexibility index (Phi) is 2.75. The summed E-state index contributed by atoms with van der Waals surface area (Å²) in [5, 5.41) is 14.1. The first-order valence-corrected chi connectivity index (χ1v) is 6.34. The van der Waals surface area contributed by atoms with Crippen LogP contribution >= 0.6 is 0 Å². The molecule has 3 N–H and O–H groups in total. The quantitative estimate of drug-likeness (QED) is 0.551. The lowest BCUT2D eigenvalue weighted by Gasteiger charge is -2.11. The number of hydrogen-bond donors (Lipinski definition) is 2. The Bertz CT molecular complexity index is 816. The van der Waals surface area contributed by atoms with Gasteiger partial charge in [0.2, 0.25) is 0 Å². The molecule has 0 radical (unpaired) electrons. The molecular formula is C15H15N5. The van der Waals surface area contributed by atoms with Gasteiger partial charge in [0, 0.05) is 10.9 Å². The van der Waals surface area contributed by atoms with Crippen molar-refractivity contribution in [3.63, 3.8) is 0 Å². The third-order valence-corrected chi connectivity index (χ3v) is 3.29. The number of amidine groups is 1. The van der Waals surface area contributed by atoms with Gasteiger partial charge in [-0.2, -0.15) is 5.10 Å². The third-order valence-electron chi connectivity index (χ3n) is 3.29. The van der Waals surface area contributed by atoms with Gasteiger partial charge < -0.3 is 5.73 Å². The molecule has 1 aromatic heterocycles. The lowest BCUT2D eigenvalue weighted by atomic mass is 10.0. The van der Waals surface area contributed by atoms with Gasteiger partial charge in [-0.3, -0.25) is 5.41 Å². The summed E-state index contributed by atoms with van der Waals surface area (Å²) in [6.45, 7) is 3.79. The summed E-state index contributed by atoms with van der Waals surface area (Å²) in [5.74, 6) is 1.64. The molecule has 0 aliphatic rings. The number of fused-ring (bicyclic) bond motifs is 1. The number of nitrogens with one attached hydrogen (secondary N) is 1. The third kappa shape index (κ3) is 1.84. The molecule has 0 bridgehead atoms. The SMILES string of the molecule is Cc1nc(C)n(-c2ccc(C(=N)N)c3ccccc23)n1. The average Bonchev–Trinajstić information content (AvgIpc) is 2.76. The molecule has 3 rings (SSSR count). The largest absolute Gasteiger partial charge is 0.384 e. The van der Waals surface area contributed by atoms with Crippen LogP contribution in [0.2, 0.25) is 0 Å². The first kappa shape index (κ1) is 12.3. The van der Waals surface area contributed by atoms with Crippen LogP contribution in [0.3, 0.4) is 0 Å². The number of nitrogens with two attached hydrogens (primary N) is 1. The molecule has 0 aliphatic heterocycles. The molecule has 0 atom stereocenters. The second-order valence-corrected chi connectivity index (χ2v) is 4.71. The Morgan fingerprint density at radius 2 is 1.80 bits per heavy atom. The van der Waals surface area contributed by atoms with Crippen molar-refractivity contribution in [2.75, 3.05) is 0 Å². The monoisotopic (exact) mass is 265 g/mol. The first-order chi connectivity index (χ1) is 9.58. The van der Waals surface area contributed by atoms with Crippen LogP contribution in [0.25, 0.3) is 16.5 Å². The molecule has 0 saturated heterocycles. The summed E-state index contributed by atoms with van der Waals surface area (Å²) in [5.41, 5.74) is 7.33. The van der Waals surface area contributed by atoms with E-state index in [2.05, 4.69) is 10.1 Å². The maximum absolute atomic E-state index is 7.68. The van der Waals surface area contributed by atoms with Crippen LogP contribution in [0.5, 0.6) is 0 Å². The summed E-state index contributed by atoms with van der Waals surface area (Å²) in [6.07, 6.45) is 0. The van der Waals surface area contributed by atoms with Crippen molar-refractivity contribution in [1.82, 2.24) is 14.8 Å². The number of nitrogens with zero attached hydrogens (tertiary/aromatic N) is 3. The van der Waals surface area contributed by atoms with E-state index in [0.717, 1.165) is 33.7 Å². The maximum Gasteiger partial charge on any atom is 0.148 e. The first-order valence-electron chi connectivity index (χ1n) is 6.34. The molecular weight excluding hydrogens is 250 g/mol. The van der Waals surface area contributed by atoms with Crippen LogP contribution in [0.15, 0.2) is 36.4 Å². The highest BCUT2D eigenvalue weighted by atomic mass is 15.3. The van der Waals surface area contributed by atoms with Gasteiger partial charge in [-0.15, -0.1) is 0 Å². The normalized spacial score (nSPS) is 10.9. The maximum atomic E-state index is 7.68. The summed E-state index contributed by atoms with van der Waals surface area (Å²) in [7, 11) is 0. The molecule has 5 nitrogen and oxygen atoms in total. The van der Waals surface area contributed by atoms with E-state index in [0.29, 0.717) is 0 Å². The van der Waals surface area contributed by atoms with Crippen molar-refractivity contribution in [1.29, 1.82) is 5.41 Å². The zero-order valence-corrected chi connectivity index (χ0v) is 11.4. The molecule has 2 aromatic carbocycles. The molecule has 0 saturated carbocycles. The number of rotatable bonds is 2. The topological polar surface area (TPSA) is 80.6 Å². The van der Waals surface area contributed by atoms with E-state index in [-0.39, 0.29) is 5.84 Å². The van der Waals surface area contributed by atoms with Crippen LogP contribution in [-0.2, 0) is 0 Å². The summed E-state index contributed by atoms with van der Waals surface area (Å²) < 4.78 is 1.82. The van der Waals surface area contributed by atoms with Gasteiger partial charge >= 0.3 is 0 Å². The van der Waals surface area contributed by atoms with E-state index in [4.69, 9.17) is 11.1 Å². The fourth-order valence-electron chi connectivity index (χ4n) is 2.45. The van der Waals surface area contributed by atoms with Gasteiger partial charge in [0.25, 0.3) is 0 Å². The van der Waals surface area contributed by atoms with Gasteiger partial charge in [0.1, 0.15) is 17.5 Å². The van der Waals surface area contributed by atoms with Crippen LogP contribution in [0, 0.1) is 19.3 Å². The zero-order valence-electron chi connectivity index (χ0n) is 11.4. The van der Waals surface area contributed by atoms with Crippen molar-refractivity contribution >= 4 is 16.6 Å². The van der Waals surface area contributed by atoms with Crippen molar-refractivity contribution in [2.45, 2.75) is 13.8 Å². The predicted molar refractivity (Wildman–Crippen MR) is 79.4 cm³/mol. The minimum atomic E-state index is 0.0687. The average molecular weight is 265 g/mol. The Morgan fingerprint density at radius 1 is 1.10 bits per heavy atom. The van der Waals surface area contributed by atoms with Crippen LogP contribution in [0.1, 0.15) is 17.2 Å². The van der Waals surface area contributed by atoms with E-state index in [1.807, 2.05) is 54.9 Å². The zero-order chi connectivity index (χ0) is 14.3. The molecule has 0 spiro atoms. The highest BCUT2D eigenvalue weighted by molar-refractivity contribution is 6.09. The molecule has 1 heterocycles. The lowest BCUT2D eigenvalue weighted by Crippen LogP contribution is -2.12. The van der Waals surface area contributed by atoms with Crippen molar-refractivity contribution in [3.8, 4) is 5.69 Å². The van der Waals surface area contributed by atoms with Crippen molar-refractivity contribution in [3.05, 3.63) is 53.6 Å². The smallest absolute Gasteiger partial charge is 0.148 e. The van der Waals surface area contributed by atoms with Gasteiger partial charge in [-0.25, -0.2) is 9.67 Å². The number of aromatic nitrogens is 3. The molecule has 20 heavy (non-hydrogen) atoms. The number of nitrogen functional groups attached to an aromatic ring is 1. The van der Waals surface area contributed by atoms with Crippen LogP contribution < -0.4 is 5.73 Å². The summed E-state index contributed by atoms with van der Waals surface area (Å²) in [6, 6.07) is 11.7. The van der Waals surface area contributed by atoms with E-state index in [1.165, 1.54) is 0 Å². The molecule has 0 amide bonds. The number of aryl methyl sites for hydroxylation is 2. The molecule has 0 fully saturated rings. The number of hydrogen-bond acceptors (Lipinski definition) is 3. The molecule has 3 aromatic rings. The van der Waals surface area contributed by atoms with Crippen LogP contribution in [0.4, 0.5) is 0 Å². The minimum absolute atomic E-state index is 0.0687. The van der Waals surface area contributed by atoms with Gasteiger partial charge in [0.05, 0.1) is 5.69 Å². The predicted octanol–water partition coefficient (Wildman–Crippen LogP) is 2.32. The van der Waals surface area contributed by atoms with E-state index >= 15 is 0 Å². The fraction of sp³-hybridized carbons (Fsp3) is 0.133. The lowest BCUT2D eigenvalue weighted by molar-refractivity contribution is 0.837. The molecule has 0 unspecified atom stereocenters. The fourth-order valence-corrected chi connectivity index (χ4v) is 2.45. The van der Waals surface area contributed by atoms with Gasteiger partial charge in [-0.1, -0.05) is 24.3 Å². The van der Waals surface area contributed by atoms with Crippen molar-refractivity contribution in [2.24, 2.45) is 5.73 Å².